The van der Waals surface area contributed by atoms with Gasteiger partial charge in [-0.3, -0.25) is 4.79 Å². The highest BCUT2D eigenvalue weighted by Gasteiger charge is 2.06. The number of aryl methyl sites for hydroxylation is 4. The Bertz CT molecular complexity index is 627. The number of aromatic nitrogens is 2. The predicted octanol–water partition coefficient (Wildman–Crippen LogP) is 2.37. The van der Waals surface area contributed by atoms with Gasteiger partial charge < -0.3 is 0 Å². The molecule has 0 saturated carbocycles. The SMILES string of the molecule is Cc1cc(C)c(-c2ccc(=O)n(C)n2)cc1C. The predicted molar refractivity (Wildman–Crippen MR) is 69.1 cm³/mol. The molecule has 2 aromatic rings. The third-order valence-corrected chi connectivity index (χ3v) is 3.08. The van der Waals surface area contributed by atoms with Crippen molar-refractivity contribution in [2.24, 2.45) is 7.05 Å². The molecule has 0 bridgehead atoms. The Morgan fingerprint density at radius 3 is 2.29 bits per heavy atom. The second kappa shape index (κ2) is 4.17. The number of benzene rings is 1. The van der Waals surface area contributed by atoms with Crippen LogP contribution < -0.4 is 5.56 Å². The highest BCUT2D eigenvalue weighted by atomic mass is 16.1. The van der Waals surface area contributed by atoms with E-state index in [1.165, 1.54) is 21.4 Å². The fourth-order valence-electron chi connectivity index (χ4n) is 1.88. The molecule has 0 aliphatic rings. The minimum absolute atomic E-state index is 0.0877. The number of nitrogens with zero attached hydrogens (tertiary/aromatic N) is 2. The zero-order valence-corrected chi connectivity index (χ0v) is 10.6. The van der Waals surface area contributed by atoms with Crippen LogP contribution in [0.15, 0.2) is 29.1 Å². The maximum absolute atomic E-state index is 11.3. The zero-order valence-electron chi connectivity index (χ0n) is 10.6. The van der Waals surface area contributed by atoms with Crippen molar-refractivity contribution in [2.75, 3.05) is 0 Å². The minimum atomic E-state index is -0.0877. The lowest BCUT2D eigenvalue weighted by Crippen LogP contribution is -2.18. The van der Waals surface area contributed by atoms with Crippen LogP contribution in [0.5, 0.6) is 0 Å². The molecule has 0 amide bonds. The van der Waals surface area contributed by atoms with Gasteiger partial charge in [0.1, 0.15) is 0 Å². The van der Waals surface area contributed by atoms with Crippen LogP contribution in [0.3, 0.4) is 0 Å². The van der Waals surface area contributed by atoms with E-state index in [1.807, 2.05) is 0 Å². The molecule has 88 valence electrons. The fraction of sp³-hybridized carbons (Fsp3) is 0.286. The summed E-state index contributed by atoms with van der Waals surface area (Å²) < 4.78 is 1.37. The molecule has 0 atom stereocenters. The second-order valence-electron chi connectivity index (χ2n) is 4.43. The summed E-state index contributed by atoms with van der Waals surface area (Å²) in [5, 5.41) is 4.28. The normalized spacial score (nSPS) is 10.6. The van der Waals surface area contributed by atoms with Gasteiger partial charge in [-0.1, -0.05) is 6.07 Å². The van der Waals surface area contributed by atoms with Crippen LogP contribution in [0.4, 0.5) is 0 Å². The molecule has 2 rings (SSSR count). The van der Waals surface area contributed by atoms with Gasteiger partial charge in [0.25, 0.3) is 5.56 Å². The Balaban J connectivity index is 2.64. The van der Waals surface area contributed by atoms with Crippen molar-refractivity contribution in [2.45, 2.75) is 20.8 Å². The van der Waals surface area contributed by atoms with Gasteiger partial charge in [0.15, 0.2) is 0 Å². The molecule has 0 fully saturated rings. The van der Waals surface area contributed by atoms with E-state index in [0.717, 1.165) is 11.3 Å². The summed E-state index contributed by atoms with van der Waals surface area (Å²) in [6.07, 6.45) is 0. The summed E-state index contributed by atoms with van der Waals surface area (Å²) in [7, 11) is 1.67. The lowest BCUT2D eigenvalue weighted by atomic mass is 9.99. The Morgan fingerprint density at radius 2 is 1.65 bits per heavy atom. The van der Waals surface area contributed by atoms with Crippen LogP contribution >= 0.6 is 0 Å². The van der Waals surface area contributed by atoms with Crippen LogP contribution in [-0.2, 0) is 7.05 Å². The quantitative estimate of drug-likeness (QED) is 0.751. The lowest BCUT2D eigenvalue weighted by Gasteiger charge is -2.09. The van der Waals surface area contributed by atoms with Crippen molar-refractivity contribution in [1.82, 2.24) is 9.78 Å². The average Bonchev–Trinajstić information content (AvgIpc) is 2.27. The Morgan fingerprint density at radius 1 is 1.00 bits per heavy atom. The van der Waals surface area contributed by atoms with Crippen LogP contribution in [0.1, 0.15) is 16.7 Å². The first-order valence-corrected chi connectivity index (χ1v) is 5.61. The van der Waals surface area contributed by atoms with Crippen LogP contribution in [-0.4, -0.2) is 9.78 Å². The highest BCUT2D eigenvalue weighted by Crippen LogP contribution is 2.23. The molecule has 1 heterocycles. The van der Waals surface area contributed by atoms with Crippen molar-refractivity contribution in [3.8, 4) is 11.3 Å². The van der Waals surface area contributed by atoms with E-state index in [9.17, 15) is 4.79 Å². The van der Waals surface area contributed by atoms with Crippen molar-refractivity contribution >= 4 is 0 Å². The molecule has 0 aliphatic carbocycles. The number of hydrogen-bond acceptors (Lipinski definition) is 2. The third kappa shape index (κ3) is 2.13. The van der Waals surface area contributed by atoms with E-state index in [-0.39, 0.29) is 5.56 Å². The summed E-state index contributed by atoms with van der Waals surface area (Å²) in [4.78, 5) is 11.3. The molecular weight excluding hydrogens is 212 g/mol. The monoisotopic (exact) mass is 228 g/mol. The topological polar surface area (TPSA) is 34.9 Å². The van der Waals surface area contributed by atoms with E-state index in [1.54, 1.807) is 19.2 Å². The smallest absolute Gasteiger partial charge is 0.266 e. The van der Waals surface area contributed by atoms with Gasteiger partial charge in [-0.05, 0) is 49.6 Å². The molecule has 1 aromatic heterocycles. The summed E-state index contributed by atoms with van der Waals surface area (Å²) in [6.45, 7) is 6.25. The first-order chi connectivity index (χ1) is 7.99. The van der Waals surface area contributed by atoms with E-state index in [2.05, 4.69) is 38.0 Å². The molecule has 0 aliphatic heterocycles. The largest absolute Gasteiger partial charge is 0.268 e. The van der Waals surface area contributed by atoms with Crippen molar-refractivity contribution in [3.63, 3.8) is 0 Å². The summed E-state index contributed by atoms with van der Waals surface area (Å²) in [5.74, 6) is 0. The van der Waals surface area contributed by atoms with Gasteiger partial charge in [0.2, 0.25) is 0 Å². The second-order valence-corrected chi connectivity index (χ2v) is 4.43. The Kier molecular flexibility index (Phi) is 2.84. The van der Waals surface area contributed by atoms with E-state index < -0.39 is 0 Å². The van der Waals surface area contributed by atoms with E-state index in [0.29, 0.717) is 0 Å². The van der Waals surface area contributed by atoms with E-state index in [4.69, 9.17) is 0 Å². The first-order valence-electron chi connectivity index (χ1n) is 5.61. The average molecular weight is 228 g/mol. The summed E-state index contributed by atoms with van der Waals surface area (Å²) in [6, 6.07) is 7.60. The van der Waals surface area contributed by atoms with Gasteiger partial charge in [0, 0.05) is 18.7 Å². The van der Waals surface area contributed by atoms with Crippen molar-refractivity contribution in [1.29, 1.82) is 0 Å². The van der Waals surface area contributed by atoms with Gasteiger partial charge in [-0.2, -0.15) is 5.10 Å². The van der Waals surface area contributed by atoms with Crippen molar-refractivity contribution < 1.29 is 0 Å². The third-order valence-electron chi connectivity index (χ3n) is 3.08. The van der Waals surface area contributed by atoms with Crippen LogP contribution in [0.2, 0.25) is 0 Å². The lowest BCUT2D eigenvalue weighted by molar-refractivity contribution is 0.712. The molecule has 3 heteroatoms. The standard InChI is InChI=1S/C14H16N2O/c1-9-7-11(3)12(8-10(9)2)13-5-6-14(17)16(4)15-13/h5-8H,1-4H3. The summed E-state index contributed by atoms with van der Waals surface area (Å²) in [5.41, 5.74) is 5.53. The molecule has 17 heavy (non-hydrogen) atoms. The molecule has 0 radical (unpaired) electrons. The molecule has 0 spiro atoms. The summed E-state index contributed by atoms with van der Waals surface area (Å²) >= 11 is 0. The van der Waals surface area contributed by atoms with Gasteiger partial charge in [-0.15, -0.1) is 0 Å². The minimum Gasteiger partial charge on any atom is -0.268 e. The highest BCUT2D eigenvalue weighted by molar-refractivity contribution is 5.64. The Hall–Kier alpha value is -1.90. The van der Waals surface area contributed by atoms with Gasteiger partial charge >= 0.3 is 0 Å². The fourth-order valence-corrected chi connectivity index (χ4v) is 1.88. The van der Waals surface area contributed by atoms with Gasteiger partial charge in [0.05, 0.1) is 5.69 Å². The molecule has 0 unspecified atom stereocenters. The molecular formula is C14H16N2O. The maximum Gasteiger partial charge on any atom is 0.266 e. The van der Waals surface area contributed by atoms with E-state index >= 15 is 0 Å². The van der Waals surface area contributed by atoms with Crippen LogP contribution in [0, 0.1) is 20.8 Å². The van der Waals surface area contributed by atoms with Crippen molar-refractivity contribution in [3.05, 3.63) is 51.3 Å². The Labute approximate surface area is 101 Å². The molecule has 3 nitrogen and oxygen atoms in total. The maximum atomic E-state index is 11.3. The molecule has 1 aromatic carbocycles. The number of rotatable bonds is 1. The molecule has 0 saturated heterocycles. The zero-order chi connectivity index (χ0) is 12.6. The first kappa shape index (κ1) is 11.6. The van der Waals surface area contributed by atoms with Crippen LogP contribution in [0.25, 0.3) is 11.3 Å². The number of hydrogen-bond donors (Lipinski definition) is 0. The van der Waals surface area contributed by atoms with Gasteiger partial charge in [-0.25, -0.2) is 4.68 Å². The molecule has 0 N–H and O–H groups in total.